The van der Waals surface area contributed by atoms with Crippen LogP contribution in [0.15, 0.2) is 29.1 Å². The van der Waals surface area contributed by atoms with Gasteiger partial charge in [0, 0.05) is 48.3 Å². The number of aromatic nitrogens is 3. The Morgan fingerprint density at radius 2 is 1.94 bits per heavy atom. The molecule has 174 valence electrons. The van der Waals surface area contributed by atoms with Crippen molar-refractivity contribution < 1.29 is 17.9 Å². The van der Waals surface area contributed by atoms with Crippen molar-refractivity contribution in [1.82, 2.24) is 14.4 Å². The third-order valence-corrected chi connectivity index (χ3v) is 6.74. The number of anilines is 1. The molecule has 5 rings (SSSR count). The standard InChI is InChI=1S/C23H22ClF3N4O2/c1-12-13(2)28-20-8-19(30-5-6-33-18(11-30)14-9-23(26,27)10-14)29-21(31(20)22(12)32)16-4-3-15(24)7-17(16)25/h3-4,7-8,14,18H,5-6,9-11H2,1-2H3. The Labute approximate surface area is 193 Å². The van der Waals surface area contributed by atoms with Crippen LogP contribution in [0.2, 0.25) is 5.02 Å². The monoisotopic (exact) mass is 478 g/mol. The van der Waals surface area contributed by atoms with E-state index in [1.165, 1.54) is 16.5 Å². The highest BCUT2D eigenvalue weighted by molar-refractivity contribution is 6.30. The number of aryl methyl sites for hydroxylation is 1. The molecule has 33 heavy (non-hydrogen) atoms. The predicted octanol–water partition coefficient (Wildman–Crippen LogP) is 4.42. The normalized spacial score (nSPS) is 20.8. The molecule has 0 radical (unpaired) electrons. The first-order valence-corrected chi connectivity index (χ1v) is 11.1. The second-order valence-corrected chi connectivity index (χ2v) is 9.20. The van der Waals surface area contributed by atoms with Crippen LogP contribution in [-0.4, -0.2) is 46.1 Å². The average Bonchev–Trinajstić information content (AvgIpc) is 2.75. The molecule has 0 bridgehead atoms. The molecule has 0 N–H and O–H groups in total. The summed E-state index contributed by atoms with van der Waals surface area (Å²) in [6, 6.07) is 5.84. The lowest BCUT2D eigenvalue weighted by Gasteiger charge is -2.44. The number of ether oxygens (including phenoxy) is 1. The van der Waals surface area contributed by atoms with Gasteiger partial charge in [-0.3, -0.25) is 4.79 Å². The van der Waals surface area contributed by atoms with Crippen LogP contribution < -0.4 is 10.5 Å². The Morgan fingerprint density at radius 1 is 1.18 bits per heavy atom. The van der Waals surface area contributed by atoms with Gasteiger partial charge in [0.2, 0.25) is 5.92 Å². The molecule has 3 heterocycles. The van der Waals surface area contributed by atoms with Gasteiger partial charge < -0.3 is 9.64 Å². The fraction of sp³-hybridized carbons (Fsp3) is 0.435. The summed E-state index contributed by atoms with van der Waals surface area (Å²) >= 11 is 5.92. The van der Waals surface area contributed by atoms with Gasteiger partial charge in [0.25, 0.3) is 5.56 Å². The highest BCUT2D eigenvalue weighted by Crippen LogP contribution is 2.45. The molecule has 0 spiro atoms. The molecule has 1 unspecified atom stereocenters. The topological polar surface area (TPSA) is 59.7 Å². The van der Waals surface area contributed by atoms with Gasteiger partial charge in [0.05, 0.1) is 18.3 Å². The van der Waals surface area contributed by atoms with Gasteiger partial charge in [0.1, 0.15) is 17.3 Å². The summed E-state index contributed by atoms with van der Waals surface area (Å²) in [5, 5.41) is 0.225. The lowest BCUT2D eigenvalue weighted by atomic mass is 9.77. The smallest absolute Gasteiger partial charge is 0.262 e. The van der Waals surface area contributed by atoms with E-state index in [0.29, 0.717) is 42.4 Å². The minimum absolute atomic E-state index is 0.107. The summed E-state index contributed by atoms with van der Waals surface area (Å²) in [5.41, 5.74) is 1.11. The number of morpholine rings is 1. The average molecular weight is 479 g/mol. The maximum atomic E-state index is 14.9. The molecule has 6 nitrogen and oxygen atoms in total. The van der Waals surface area contributed by atoms with Crippen molar-refractivity contribution in [3.05, 3.63) is 56.7 Å². The number of benzene rings is 1. The maximum Gasteiger partial charge on any atom is 0.262 e. The molecular formula is C23H22ClF3N4O2. The van der Waals surface area contributed by atoms with Crippen molar-refractivity contribution in [3.8, 4) is 11.4 Å². The highest BCUT2D eigenvalue weighted by atomic mass is 35.5. The van der Waals surface area contributed by atoms with E-state index in [1.807, 2.05) is 4.90 Å². The van der Waals surface area contributed by atoms with Gasteiger partial charge in [-0.15, -0.1) is 0 Å². The molecule has 1 saturated carbocycles. The van der Waals surface area contributed by atoms with Crippen molar-refractivity contribution in [3.63, 3.8) is 0 Å². The number of hydrogen-bond donors (Lipinski definition) is 0. The highest BCUT2D eigenvalue weighted by Gasteiger charge is 2.49. The lowest BCUT2D eigenvalue weighted by Crippen LogP contribution is -2.52. The van der Waals surface area contributed by atoms with Crippen molar-refractivity contribution in [1.29, 1.82) is 0 Å². The van der Waals surface area contributed by atoms with Crippen LogP contribution in [0.4, 0.5) is 19.0 Å². The first kappa shape index (κ1) is 22.2. The zero-order chi connectivity index (χ0) is 23.5. The van der Waals surface area contributed by atoms with Gasteiger partial charge in [-0.2, -0.15) is 0 Å². The first-order valence-electron chi connectivity index (χ1n) is 10.7. The van der Waals surface area contributed by atoms with Crippen molar-refractivity contribution in [2.75, 3.05) is 24.6 Å². The van der Waals surface area contributed by atoms with Crippen LogP contribution in [-0.2, 0) is 4.74 Å². The molecule has 1 atom stereocenters. The Balaban J connectivity index is 1.61. The largest absolute Gasteiger partial charge is 0.374 e. The number of nitrogens with zero attached hydrogens (tertiary/aromatic N) is 4. The minimum Gasteiger partial charge on any atom is -0.374 e. The zero-order valence-corrected chi connectivity index (χ0v) is 18.9. The van der Waals surface area contributed by atoms with Gasteiger partial charge in [0.15, 0.2) is 5.82 Å². The van der Waals surface area contributed by atoms with Crippen molar-refractivity contribution >= 4 is 23.1 Å². The lowest BCUT2D eigenvalue weighted by molar-refractivity contribution is -0.154. The predicted molar refractivity (Wildman–Crippen MR) is 119 cm³/mol. The first-order chi connectivity index (χ1) is 15.6. The summed E-state index contributed by atoms with van der Waals surface area (Å²) in [6.45, 7) is 4.62. The molecule has 2 fully saturated rings. The van der Waals surface area contributed by atoms with Crippen LogP contribution >= 0.6 is 11.6 Å². The van der Waals surface area contributed by atoms with Crippen molar-refractivity contribution in [2.24, 2.45) is 5.92 Å². The van der Waals surface area contributed by atoms with Crippen molar-refractivity contribution in [2.45, 2.75) is 38.7 Å². The molecule has 3 aromatic rings. The number of fused-ring (bicyclic) bond motifs is 1. The molecule has 1 aliphatic carbocycles. The van der Waals surface area contributed by atoms with Crippen LogP contribution in [0.25, 0.3) is 17.0 Å². The Bertz CT molecular complexity index is 1310. The van der Waals surface area contributed by atoms with Crippen LogP contribution in [0.5, 0.6) is 0 Å². The fourth-order valence-electron chi connectivity index (χ4n) is 4.49. The fourth-order valence-corrected chi connectivity index (χ4v) is 4.65. The zero-order valence-electron chi connectivity index (χ0n) is 18.1. The van der Waals surface area contributed by atoms with E-state index >= 15 is 0 Å². The van der Waals surface area contributed by atoms with Crippen LogP contribution in [0.1, 0.15) is 24.1 Å². The van der Waals surface area contributed by atoms with Gasteiger partial charge in [-0.1, -0.05) is 11.6 Å². The molecular weight excluding hydrogens is 457 g/mol. The summed E-state index contributed by atoms with van der Waals surface area (Å²) in [4.78, 5) is 24.2. The minimum atomic E-state index is -2.63. The second-order valence-electron chi connectivity index (χ2n) is 8.76. The third-order valence-electron chi connectivity index (χ3n) is 6.51. The SMILES string of the molecule is Cc1nc2cc(N3CCOC(C4CC(F)(F)C4)C3)nc(-c3ccc(Cl)cc3F)n2c(=O)c1C. The van der Waals surface area contributed by atoms with E-state index in [4.69, 9.17) is 16.3 Å². The van der Waals surface area contributed by atoms with Crippen LogP contribution in [0.3, 0.4) is 0 Å². The summed E-state index contributed by atoms with van der Waals surface area (Å²) in [6.07, 6.45) is -0.720. The van der Waals surface area contributed by atoms with E-state index < -0.39 is 11.7 Å². The van der Waals surface area contributed by atoms with Gasteiger partial charge in [-0.25, -0.2) is 27.5 Å². The Kier molecular flexibility index (Phi) is 5.36. The number of hydrogen-bond acceptors (Lipinski definition) is 5. The van der Waals surface area contributed by atoms with E-state index in [1.54, 1.807) is 19.9 Å². The number of alkyl halides is 2. The van der Waals surface area contributed by atoms with E-state index in [9.17, 15) is 18.0 Å². The number of halogens is 4. The molecule has 2 aromatic heterocycles. The summed E-state index contributed by atoms with van der Waals surface area (Å²) in [5.74, 6) is -2.88. The molecule has 1 aliphatic heterocycles. The summed E-state index contributed by atoms with van der Waals surface area (Å²) < 4.78 is 48.7. The maximum absolute atomic E-state index is 14.9. The Morgan fingerprint density at radius 3 is 2.64 bits per heavy atom. The summed E-state index contributed by atoms with van der Waals surface area (Å²) in [7, 11) is 0. The van der Waals surface area contributed by atoms with Gasteiger partial charge in [-0.05, 0) is 38.0 Å². The molecule has 1 aromatic carbocycles. The molecule has 0 amide bonds. The molecule has 1 saturated heterocycles. The van der Waals surface area contributed by atoms with E-state index in [-0.39, 0.29) is 46.8 Å². The van der Waals surface area contributed by atoms with Crippen LogP contribution in [0, 0.1) is 25.6 Å². The third kappa shape index (κ3) is 3.97. The van der Waals surface area contributed by atoms with E-state index in [0.717, 1.165) is 6.07 Å². The number of rotatable bonds is 3. The Hall–Kier alpha value is -2.65. The quantitative estimate of drug-likeness (QED) is 0.558. The molecule has 2 aliphatic rings. The van der Waals surface area contributed by atoms with E-state index in [2.05, 4.69) is 9.97 Å². The second kappa shape index (κ2) is 7.99. The molecule has 10 heteroatoms. The van der Waals surface area contributed by atoms with Gasteiger partial charge >= 0.3 is 0 Å².